The van der Waals surface area contributed by atoms with Crippen molar-refractivity contribution in [2.45, 2.75) is 20.3 Å². The van der Waals surface area contributed by atoms with E-state index in [0.717, 1.165) is 0 Å². The van der Waals surface area contributed by atoms with Crippen molar-refractivity contribution in [3.63, 3.8) is 0 Å². The zero-order valence-electron chi connectivity index (χ0n) is 7.59. The minimum absolute atomic E-state index is 0. The normalized spacial score (nSPS) is 17.5. The zero-order valence-corrected chi connectivity index (χ0v) is 7.59. The molecule has 0 saturated carbocycles. The summed E-state index contributed by atoms with van der Waals surface area (Å²) >= 11 is 0. The van der Waals surface area contributed by atoms with Crippen molar-refractivity contribution in [3.05, 3.63) is 0 Å². The van der Waals surface area contributed by atoms with E-state index in [-0.39, 0.29) is 35.5 Å². The first-order valence-electron chi connectivity index (χ1n) is 4.16. The molecular formula is C8H13N2NaO3. The second-order valence-corrected chi connectivity index (χ2v) is 3.49. The number of hydrogen-bond acceptors (Lipinski definition) is 3. The number of carbonyl (C=O) groups excluding carboxylic acids is 3. The van der Waals surface area contributed by atoms with Gasteiger partial charge in [-0.05, 0) is 12.3 Å². The first-order valence-corrected chi connectivity index (χ1v) is 4.16. The van der Waals surface area contributed by atoms with Crippen LogP contribution in [0.5, 0.6) is 0 Å². The summed E-state index contributed by atoms with van der Waals surface area (Å²) < 4.78 is 0. The molecule has 1 rings (SSSR count). The zero-order chi connectivity index (χ0) is 10.0. The van der Waals surface area contributed by atoms with Crippen LogP contribution < -0.4 is 10.6 Å². The first-order chi connectivity index (χ1) is 6.00. The van der Waals surface area contributed by atoms with Gasteiger partial charge in [0.2, 0.25) is 11.8 Å². The fourth-order valence-corrected chi connectivity index (χ4v) is 1.23. The van der Waals surface area contributed by atoms with Crippen molar-refractivity contribution in [2.75, 3.05) is 0 Å². The molecule has 74 valence electrons. The summed E-state index contributed by atoms with van der Waals surface area (Å²) in [4.78, 5) is 33.0. The molecule has 1 heterocycles. The Morgan fingerprint density at radius 2 is 1.57 bits per heavy atom. The van der Waals surface area contributed by atoms with Gasteiger partial charge >= 0.3 is 35.6 Å². The van der Waals surface area contributed by atoms with Crippen LogP contribution in [0.2, 0.25) is 0 Å². The molecule has 0 aliphatic carbocycles. The van der Waals surface area contributed by atoms with Crippen LogP contribution >= 0.6 is 0 Å². The molecule has 0 atom stereocenters. The average molecular weight is 208 g/mol. The molecule has 14 heavy (non-hydrogen) atoms. The number of imide groups is 2. The Morgan fingerprint density at radius 1 is 1.14 bits per heavy atom. The molecule has 0 unspecified atom stereocenters. The number of hydrogen-bond donors (Lipinski definition) is 2. The van der Waals surface area contributed by atoms with Gasteiger partial charge in [0, 0.05) is 0 Å². The molecule has 1 saturated heterocycles. The molecule has 0 aromatic carbocycles. The second kappa shape index (κ2) is 5.48. The van der Waals surface area contributed by atoms with Crippen molar-refractivity contribution < 1.29 is 14.4 Å². The number of barbiturate groups is 1. The summed E-state index contributed by atoms with van der Waals surface area (Å²) in [5, 5.41) is 4.11. The molecule has 6 heteroatoms. The second-order valence-electron chi connectivity index (χ2n) is 3.49. The number of nitrogens with one attached hydrogen (secondary N) is 2. The summed E-state index contributed by atoms with van der Waals surface area (Å²) in [5.74, 6) is -1.47. The van der Waals surface area contributed by atoms with Crippen LogP contribution in [0, 0.1) is 11.8 Å². The molecule has 1 aliphatic rings. The van der Waals surface area contributed by atoms with E-state index in [1.165, 1.54) is 0 Å². The van der Waals surface area contributed by atoms with Gasteiger partial charge in [-0.2, -0.15) is 0 Å². The molecule has 4 amide bonds. The number of carbonyl (C=O) groups is 3. The van der Waals surface area contributed by atoms with E-state index < -0.39 is 23.8 Å². The Morgan fingerprint density at radius 3 is 1.93 bits per heavy atom. The number of urea groups is 1. The molecule has 0 spiro atoms. The van der Waals surface area contributed by atoms with Crippen molar-refractivity contribution in [1.82, 2.24) is 10.6 Å². The van der Waals surface area contributed by atoms with Crippen molar-refractivity contribution in [3.8, 4) is 0 Å². The van der Waals surface area contributed by atoms with Crippen LogP contribution in [0.4, 0.5) is 4.79 Å². The van der Waals surface area contributed by atoms with Crippen molar-refractivity contribution in [2.24, 2.45) is 11.8 Å². The van der Waals surface area contributed by atoms with Gasteiger partial charge < -0.3 is 0 Å². The number of rotatable bonds is 2. The molecule has 1 aliphatic heterocycles. The summed E-state index contributed by atoms with van der Waals surface area (Å²) in [6.45, 7) is 3.83. The monoisotopic (exact) mass is 208 g/mol. The maximum absolute atomic E-state index is 11.2. The molecular weight excluding hydrogens is 195 g/mol. The predicted octanol–water partition coefficient (Wildman–Crippen LogP) is -0.634. The van der Waals surface area contributed by atoms with Gasteiger partial charge in [0.15, 0.2) is 0 Å². The van der Waals surface area contributed by atoms with Gasteiger partial charge in [-0.1, -0.05) is 13.8 Å². The van der Waals surface area contributed by atoms with Gasteiger partial charge in [0.05, 0.1) is 0 Å². The third-order valence-electron chi connectivity index (χ3n) is 1.81. The van der Waals surface area contributed by atoms with Crippen molar-refractivity contribution >= 4 is 47.4 Å². The van der Waals surface area contributed by atoms with Crippen LogP contribution in [0.1, 0.15) is 20.3 Å². The van der Waals surface area contributed by atoms with E-state index in [9.17, 15) is 14.4 Å². The predicted molar refractivity (Wildman–Crippen MR) is 51.8 cm³/mol. The summed E-state index contributed by atoms with van der Waals surface area (Å²) in [7, 11) is 0. The van der Waals surface area contributed by atoms with Gasteiger partial charge in [-0.3, -0.25) is 20.2 Å². The van der Waals surface area contributed by atoms with Crippen LogP contribution in [-0.2, 0) is 9.59 Å². The maximum atomic E-state index is 11.2. The Balaban J connectivity index is 0.00000169. The van der Waals surface area contributed by atoms with E-state index in [1.807, 2.05) is 13.8 Å². The Hall–Kier alpha value is -0.390. The summed E-state index contributed by atoms with van der Waals surface area (Å²) in [5.41, 5.74) is 0. The number of amides is 4. The van der Waals surface area contributed by atoms with Gasteiger partial charge in [0.25, 0.3) is 0 Å². The molecule has 0 radical (unpaired) electrons. The Labute approximate surface area is 104 Å². The standard InChI is InChI=1S/C8H12N2O3.Na.H/c1-4(2)3-5-6(11)9-8(13)10-7(5)12;;/h4-5H,3H2,1-2H3,(H2,9,10,11,12,13);;. The molecule has 0 aromatic rings. The van der Waals surface area contributed by atoms with Crippen LogP contribution in [0.25, 0.3) is 0 Å². The first kappa shape index (κ1) is 13.6. The van der Waals surface area contributed by atoms with Crippen LogP contribution in [0.3, 0.4) is 0 Å². The minimum atomic E-state index is -0.727. The Bertz CT molecular complexity index is 245. The van der Waals surface area contributed by atoms with Crippen LogP contribution in [-0.4, -0.2) is 47.4 Å². The Kier molecular flexibility index (Phi) is 5.33. The molecule has 0 aromatic heterocycles. The van der Waals surface area contributed by atoms with E-state index >= 15 is 0 Å². The third-order valence-corrected chi connectivity index (χ3v) is 1.81. The third kappa shape index (κ3) is 3.40. The van der Waals surface area contributed by atoms with E-state index in [4.69, 9.17) is 0 Å². The van der Waals surface area contributed by atoms with E-state index in [1.54, 1.807) is 0 Å². The topological polar surface area (TPSA) is 75.3 Å². The van der Waals surface area contributed by atoms with Crippen LogP contribution in [0.15, 0.2) is 0 Å². The van der Waals surface area contributed by atoms with Gasteiger partial charge in [0.1, 0.15) is 5.92 Å². The summed E-state index contributed by atoms with van der Waals surface area (Å²) in [6.07, 6.45) is 0.463. The molecule has 2 N–H and O–H groups in total. The van der Waals surface area contributed by atoms with Gasteiger partial charge in [-0.15, -0.1) is 0 Å². The van der Waals surface area contributed by atoms with Crippen molar-refractivity contribution in [1.29, 1.82) is 0 Å². The van der Waals surface area contributed by atoms with E-state index in [0.29, 0.717) is 6.42 Å². The molecule has 5 nitrogen and oxygen atoms in total. The summed E-state index contributed by atoms with van der Waals surface area (Å²) in [6, 6.07) is -0.727. The molecule has 1 fully saturated rings. The van der Waals surface area contributed by atoms with Gasteiger partial charge in [-0.25, -0.2) is 4.79 Å². The SMILES string of the molecule is CC(C)CC1C(=O)NC(=O)NC1=O.[NaH]. The van der Waals surface area contributed by atoms with E-state index in [2.05, 4.69) is 10.6 Å². The fourth-order valence-electron chi connectivity index (χ4n) is 1.23. The quantitative estimate of drug-likeness (QED) is 0.468. The molecule has 0 bridgehead atoms. The fraction of sp³-hybridized carbons (Fsp3) is 0.625. The average Bonchev–Trinajstić information content (AvgIpc) is 1.96.